The molecule has 7 unspecified atom stereocenters. The van der Waals surface area contributed by atoms with E-state index in [-0.39, 0.29) is 40.7 Å². The van der Waals surface area contributed by atoms with Crippen LogP contribution in [0.3, 0.4) is 0 Å². The van der Waals surface area contributed by atoms with Gasteiger partial charge in [-0.25, -0.2) is 0 Å². The molecule has 2 heterocycles. The lowest BCUT2D eigenvalue weighted by Gasteiger charge is -2.62. The van der Waals surface area contributed by atoms with E-state index in [0.717, 1.165) is 19.3 Å². The Morgan fingerprint density at radius 2 is 1.87 bits per heavy atom. The number of aliphatic hydroxyl groups is 1. The summed E-state index contributed by atoms with van der Waals surface area (Å²) in [6.45, 7) is 10.0. The number of ether oxygens (including phenoxy) is 1. The molecule has 7 atom stereocenters. The predicted molar refractivity (Wildman–Crippen MR) is 113 cm³/mol. The van der Waals surface area contributed by atoms with Crippen molar-refractivity contribution in [3.8, 4) is 0 Å². The molecule has 1 aliphatic heterocycles. The molecule has 5 heteroatoms. The third-order valence-electron chi connectivity index (χ3n) is 10.2. The van der Waals surface area contributed by atoms with Gasteiger partial charge in [0, 0.05) is 10.8 Å². The molecule has 5 nitrogen and oxygen atoms in total. The summed E-state index contributed by atoms with van der Waals surface area (Å²) in [7, 11) is 0. The van der Waals surface area contributed by atoms with Crippen LogP contribution in [0.4, 0.5) is 0 Å². The van der Waals surface area contributed by atoms with Gasteiger partial charge >= 0.3 is 0 Å². The van der Waals surface area contributed by atoms with Crippen LogP contribution < -0.4 is 0 Å². The molecule has 164 valence electrons. The van der Waals surface area contributed by atoms with Crippen LogP contribution in [0.15, 0.2) is 46.5 Å². The Labute approximate surface area is 182 Å². The van der Waals surface area contributed by atoms with E-state index in [1.54, 1.807) is 12.3 Å². The van der Waals surface area contributed by atoms with Gasteiger partial charge in [0.1, 0.15) is 5.60 Å². The Balaban J connectivity index is 1.57. The summed E-state index contributed by atoms with van der Waals surface area (Å²) in [5, 5.41) is 11.4. The van der Waals surface area contributed by atoms with E-state index in [2.05, 4.69) is 13.8 Å². The number of hydrogen-bond donors (Lipinski definition) is 1. The zero-order chi connectivity index (χ0) is 22.2. The Morgan fingerprint density at radius 3 is 2.55 bits per heavy atom. The van der Waals surface area contributed by atoms with Crippen LogP contribution in [0, 0.1) is 27.6 Å². The van der Waals surface area contributed by atoms with E-state index in [1.807, 2.05) is 39.2 Å². The summed E-state index contributed by atoms with van der Waals surface area (Å²) in [5.41, 5.74) is -1.40. The molecular formula is C26H30O5. The van der Waals surface area contributed by atoms with Gasteiger partial charge in [0.05, 0.1) is 29.5 Å². The molecule has 31 heavy (non-hydrogen) atoms. The van der Waals surface area contributed by atoms with E-state index < -0.39 is 21.8 Å². The van der Waals surface area contributed by atoms with Crippen LogP contribution in [-0.4, -0.2) is 28.4 Å². The van der Waals surface area contributed by atoms with Crippen LogP contribution in [0.1, 0.15) is 65.4 Å². The Bertz CT molecular complexity index is 1090. The average molecular weight is 423 g/mol. The van der Waals surface area contributed by atoms with Gasteiger partial charge in [-0.15, -0.1) is 0 Å². The minimum Gasteiger partial charge on any atom is -0.504 e. The highest BCUT2D eigenvalue weighted by molar-refractivity contribution is 6.06. The fourth-order valence-electron chi connectivity index (χ4n) is 8.78. The van der Waals surface area contributed by atoms with Gasteiger partial charge in [0.15, 0.2) is 11.5 Å². The third-order valence-corrected chi connectivity index (χ3v) is 10.2. The lowest BCUT2D eigenvalue weighted by atomic mass is 9.39. The molecule has 4 aliphatic carbocycles. The maximum Gasteiger partial charge on any atom is 0.206 e. The third kappa shape index (κ3) is 1.80. The average Bonchev–Trinajstić information content (AvgIpc) is 3.07. The smallest absolute Gasteiger partial charge is 0.206 e. The predicted octanol–water partition coefficient (Wildman–Crippen LogP) is 4.89. The van der Waals surface area contributed by atoms with Gasteiger partial charge in [0.25, 0.3) is 0 Å². The summed E-state index contributed by atoms with van der Waals surface area (Å²) in [6.07, 6.45) is 9.76. The highest BCUT2D eigenvalue weighted by Gasteiger charge is 2.87. The maximum absolute atomic E-state index is 14.0. The van der Waals surface area contributed by atoms with E-state index >= 15 is 0 Å². The molecule has 0 amide bonds. The second-order valence-electron chi connectivity index (χ2n) is 11.6. The fraction of sp³-hybridized carbons (Fsp3) is 0.615. The first-order valence-electron chi connectivity index (χ1n) is 11.4. The number of carbonyl (C=O) groups excluding carboxylic acids is 2. The van der Waals surface area contributed by atoms with Gasteiger partial charge in [-0.2, -0.15) is 0 Å². The quantitative estimate of drug-likeness (QED) is 0.652. The summed E-state index contributed by atoms with van der Waals surface area (Å²) in [6, 6.07) is 2.03. The van der Waals surface area contributed by atoms with E-state index in [4.69, 9.17) is 9.15 Å². The molecule has 1 aromatic heterocycles. The summed E-state index contributed by atoms with van der Waals surface area (Å²) >= 11 is 0. The van der Waals surface area contributed by atoms with Crippen LogP contribution in [0.5, 0.6) is 0 Å². The molecule has 0 bridgehead atoms. The number of allylic oxidation sites excluding steroid dienone is 4. The standard InChI is InChI=1S/C26H30O5/c1-22(2)17(27)7-9-23(3)16-6-10-24(4)15(14-8-11-30-13-14)12-18-26(24,31-18)25(16,5)21(29)19(28)20(22)23/h7-9,11,13,15-16,18,28H,6,10,12H2,1-5H3. The molecule has 6 rings (SSSR count). The Kier molecular flexibility index (Phi) is 3.31. The monoisotopic (exact) mass is 422 g/mol. The van der Waals surface area contributed by atoms with Gasteiger partial charge < -0.3 is 14.3 Å². The van der Waals surface area contributed by atoms with Crippen molar-refractivity contribution in [2.45, 2.75) is 71.5 Å². The minimum absolute atomic E-state index is 0.00527. The SMILES string of the molecule is CC1(C)C(=O)C=CC2(C)C1=C(O)C(=O)C1(C)C2CCC2(C)C(c3ccoc3)CC3OC321. The lowest BCUT2D eigenvalue weighted by molar-refractivity contribution is -0.162. The van der Waals surface area contributed by atoms with Crippen molar-refractivity contribution in [1.82, 2.24) is 0 Å². The molecule has 5 aliphatic rings. The largest absolute Gasteiger partial charge is 0.504 e. The topological polar surface area (TPSA) is 80.0 Å². The van der Waals surface area contributed by atoms with Gasteiger partial charge in [-0.3, -0.25) is 9.59 Å². The van der Waals surface area contributed by atoms with E-state index in [9.17, 15) is 14.7 Å². The van der Waals surface area contributed by atoms with Gasteiger partial charge in [-0.05, 0) is 75.1 Å². The Morgan fingerprint density at radius 1 is 1.13 bits per heavy atom. The highest BCUT2D eigenvalue weighted by Crippen LogP contribution is 2.81. The van der Waals surface area contributed by atoms with Crippen LogP contribution >= 0.6 is 0 Å². The number of furan rings is 1. The summed E-state index contributed by atoms with van der Waals surface area (Å²) in [5.74, 6) is -0.312. The number of epoxide rings is 1. The van der Waals surface area contributed by atoms with Crippen molar-refractivity contribution in [2.24, 2.45) is 27.6 Å². The molecule has 2 saturated carbocycles. The Hall–Kier alpha value is -2.14. The van der Waals surface area contributed by atoms with Gasteiger partial charge in [-0.1, -0.05) is 19.9 Å². The van der Waals surface area contributed by atoms with Crippen molar-refractivity contribution >= 4 is 11.6 Å². The number of carbonyl (C=O) groups is 2. The van der Waals surface area contributed by atoms with Gasteiger partial charge in [0.2, 0.25) is 5.78 Å². The second-order valence-corrected chi connectivity index (χ2v) is 11.6. The highest BCUT2D eigenvalue weighted by atomic mass is 16.6. The van der Waals surface area contributed by atoms with Crippen LogP contribution in [0.25, 0.3) is 0 Å². The lowest BCUT2D eigenvalue weighted by Crippen LogP contribution is -2.66. The van der Waals surface area contributed by atoms with Crippen molar-refractivity contribution in [1.29, 1.82) is 0 Å². The van der Waals surface area contributed by atoms with Crippen molar-refractivity contribution < 1.29 is 23.8 Å². The molecule has 1 aromatic rings. The first kappa shape index (κ1) is 19.5. The van der Waals surface area contributed by atoms with Crippen molar-refractivity contribution in [2.75, 3.05) is 0 Å². The van der Waals surface area contributed by atoms with Crippen molar-refractivity contribution in [3.05, 3.63) is 47.6 Å². The molecule has 3 fully saturated rings. The zero-order valence-corrected chi connectivity index (χ0v) is 18.8. The first-order valence-corrected chi connectivity index (χ1v) is 11.4. The van der Waals surface area contributed by atoms with Crippen LogP contribution in [-0.2, 0) is 14.3 Å². The molecule has 0 radical (unpaired) electrons. The number of hydrogen-bond acceptors (Lipinski definition) is 5. The summed E-state index contributed by atoms with van der Waals surface area (Å²) in [4.78, 5) is 26.7. The molecule has 0 aromatic carbocycles. The minimum atomic E-state index is -0.901. The molecule has 1 N–H and O–H groups in total. The second kappa shape index (κ2) is 5.25. The first-order chi connectivity index (χ1) is 14.5. The summed E-state index contributed by atoms with van der Waals surface area (Å²) < 4.78 is 11.9. The normalized spacial score (nSPS) is 49.4. The number of ketones is 2. The number of fused-ring (bicyclic) bond motifs is 3. The maximum atomic E-state index is 14.0. The number of rotatable bonds is 1. The van der Waals surface area contributed by atoms with E-state index in [1.165, 1.54) is 5.56 Å². The van der Waals surface area contributed by atoms with Crippen LogP contribution in [0.2, 0.25) is 0 Å². The molecular weight excluding hydrogens is 392 g/mol. The number of aliphatic hydroxyl groups excluding tert-OH is 1. The zero-order valence-electron chi connectivity index (χ0n) is 18.8. The van der Waals surface area contributed by atoms with Crippen molar-refractivity contribution in [3.63, 3.8) is 0 Å². The van der Waals surface area contributed by atoms with E-state index in [0.29, 0.717) is 5.57 Å². The molecule has 1 saturated heterocycles. The molecule has 1 spiro atoms. The number of Topliss-reactive ketones (excluding diaryl/α,β-unsaturated/α-hetero) is 1. The fourth-order valence-corrected chi connectivity index (χ4v) is 8.78.